The number of amides is 2. The first-order valence-electron chi connectivity index (χ1n) is 10.1. The zero-order valence-corrected chi connectivity index (χ0v) is 15.8. The van der Waals surface area contributed by atoms with E-state index in [9.17, 15) is 9.59 Å². The van der Waals surface area contributed by atoms with E-state index >= 15 is 0 Å². The van der Waals surface area contributed by atoms with E-state index < -0.39 is 0 Å². The van der Waals surface area contributed by atoms with Crippen LogP contribution in [0.1, 0.15) is 69.2 Å². The predicted octanol–water partition coefficient (Wildman–Crippen LogP) is 2.50. The second-order valence-electron chi connectivity index (χ2n) is 8.78. The molecule has 0 saturated heterocycles. The van der Waals surface area contributed by atoms with Crippen molar-refractivity contribution in [2.24, 2.45) is 17.8 Å². The number of nitrogens with one attached hydrogen (secondary N) is 2. The minimum absolute atomic E-state index is 0.00111. The normalized spacial score (nSPS) is 34.7. The lowest BCUT2D eigenvalue weighted by Gasteiger charge is -2.60. The van der Waals surface area contributed by atoms with Crippen LogP contribution < -0.4 is 10.6 Å². The fourth-order valence-electron chi connectivity index (χ4n) is 5.94. The highest BCUT2D eigenvalue weighted by molar-refractivity contribution is 5.94. The summed E-state index contributed by atoms with van der Waals surface area (Å²) in [5.41, 5.74) is 0.640. The highest BCUT2D eigenvalue weighted by atomic mass is 16.2. The van der Waals surface area contributed by atoms with Crippen molar-refractivity contribution in [3.05, 3.63) is 18.0 Å². The Bertz CT molecular complexity index is 682. The van der Waals surface area contributed by atoms with E-state index in [4.69, 9.17) is 0 Å². The van der Waals surface area contributed by atoms with Gasteiger partial charge in [-0.3, -0.25) is 14.3 Å². The Labute approximate surface area is 155 Å². The van der Waals surface area contributed by atoms with Gasteiger partial charge in [0.25, 0.3) is 5.91 Å². The molecule has 4 fully saturated rings. The Balaban J connectivity index is 1.42. The number of carbonyl (C=O) groups excluding carboxylic acids is 2. The third-order valence-corrected chi connectivity index (χ3v) is 6.65. The molecule has 0 aromatic carbocycles. The molecule has 2 N–H and O–H groups in total. The summed E-state index contributed by atoms with van der Waals surface area (Å²) in [6, 6.07) is 0.236. The lowest BCUT2D eigenvalue weighted by atomic mass is 9.51. The lowest BCUT2D eigenvalue weighted by Crippen LogP contribution is -2.66. The molecule has 1 heterocycles. The molecule has 4 saturated carbocycles. The molecule has 6 heteroatoms. The number of hydrogen-bond acceptors (Lipinski definition) is 3. The van der Waals surface area contributed by atoms with E-state index in [1.807, 2.05) is 10.9 Å². The number of aryl methyl sites for hydroxylation is 1. The minimum Gasteiger partial charge on any atom is -0.351 e. The monoisotopic (exact) mass is 358 g/mol. The fraction of sp³-hybridized carbons (Fsp3) is 0.750. The van der Waals surface area contributed by atoms with E-state index in [1.54, 1.807) is 13.1 Å². The van der Waals surface area contributed by atoms with Gasteiger partial charge in [0.1, 0.15) is 0 Å². The van der Waals surface area contributed by atoms with Gasteiger partial charge in [-0.15, -0.1) is 0 Å². The van der Waals surface area contributed by atoms with Gasteiger partial charge in [0.15, 0.2) is 0 Å². The predicted molar refractivity (Wildman–Crippen MR) is 98.5 cm³/mol. The molecule has 2 amide bonds. The maximum absolute atomic E-state index is 12.7. The Kier molecular flexibility index (Phi) is 4.53. The van der Waals surface area contributed by atoms with Crippen LogP contribution in [0.5, 0.6) is 0 Å². The maximum atomic E-state index is 12.7. The second kappa shape index (κ2) is 6.71. The van der Waals surface area contributed by atoms with E-state index in [1.165, 1.54) is 12.8 Å². The van der Waals surface area contributed by atoms with Gasteiger partial charge in [0, 0.05) is 31.2 Å². The average molecular weight is 358 g/mol. The molecular weight excluding hydrogens is 328 g/mol. The molecule has 0 spiro atoms. The summed E-state index contributed by atoms with van der Waals surface area (Å²) in [5.74, 6) is 1.73. The summed E-state index contributed by atoms with van der Waals surface area (Å²) in [6.07, 6.45) is 11.2. The molecule has 4 bridgehead atoms. The molecule has 5 rings (SSSR count). The Hall–Kier alpha value is -1.85. The molecular formula is C20H30N4O2. The highest BCUT2D eigenvalue weighted by Crippen LogP contribution is 2.55. The van der Waals surface area contributed by atoms with Gasteiger partial charge in [-0.1, -0.05) is 13.3 Å². The first kappa shape index (κ1) is 17.6. The third kappa shape index (κ3) is 3.26. The van der Waals surface area contributed by atoms with Crippen LogP contribution in [0.4, 0.5) is 0 Å². The minimum atomic E-state index is -0.0192. The van der Waals surface area contributed by atoms with Crippen molar-refractivity contribution < 1.29 is 9.59 Å². The summed E-state index contributed by atoms with van der Waals surface area (Å²) in [5, 5.41) is 10.9. The van der Waals surface area contributed by atoms with E-state index in [0.29, 0.717) is 23.3 Å². The van der Waals surface area contributed by atoms with Gasteiger partial charge in [0.05, 0.1) is 11.8 Å². The first-order valence-corrected chi connectivity index (χ1v) is 10.1. The van der Waals surface area contributed by atoms with Crippen molar-refractivity contribution >= 4 is 11.8 Å². The maximum Gasteiger partial charge on any atom is 0.254 e. The van der Waals surface area contributed by atoms with Crippen molar-refractivity contribution in [3.8, 4) is 0 Å². The van der Waals surface area contributed by atoms with Crippen LogP contribution >= 0.6 is 0 Å². The molecule has 1 aromatic rings. The Morgan fingerprint density at radius 1 is 1.27 bits per heavy atom. The van der Waals surface area contributed by atoms with Gasteiger partial charge < -0.3 is 10.6 Å². The van der Waals surface area contributed by atoms with Crippen LogP contribution in [-0.2, 0) is 11.3 Å². The number of rotatable bonds is 6. The smallest absolute Gasteiger partial charge is 0.254 e. The Morgan fingerprint density at radius 2 is 2.00 bits per heavy atom. The highest BCUT2D eigenvalue weighted by Gasteiger charge is 2.56. The number of unbranched alkanes of at least 4 members (excludes halogenated alkanes) is 1. The summed E-state index contributed by atoms with van der Waals surface area (Å²) in [6.45, 7) is 4.63. The van der Waals surface area contributed by atoms with Gasteiger partial charge in [-0.2, -0.15) is 5.10 Å². The van der Waals surface area contributed by atoms with Crippen LogP contribution in [-0.4, -0.2) is 33.2 Å². The SMILES string of the molecule is CCCCn1cc(C(=O)NC2C3CC4CC2CC(NC(C)=O)(C4)C3)cn1. The molecule has 2 unspecified atom stereocenters. The number of hydrogen-bond donors (Lipinski definition) is 2. The lowest BCUT2D eigenvalue weighted by molar-refractivity contribution is -0.125. The topological polar surface area (TPSA) is 76.0 Å². The summed E-state index contributed by atoms with van der Waals surface area (Å²) < 4.78 is 1.86. The molecule has 142 valence electrons. The summed E-state index contributed by atoms with van der Waals surface area (Å²) in [4.78, 5) is 24.4. The number of aromatic nitrogens is 2. The largest absolute Gasteiger partial charge is 0.351 e. The molecule has 4 aliphatic rings. The molecule has 26 heavy (non-hydrogen) atoms. The van der Waals surface area contributed by atoms with E-state index in [0.717, 1.165) is 38.6 Å². The van der Waals surface area contributed by atoms with Crippen molar-refractivity contribution in [2.45, 2.75) is 76.9 Å². The quantitative estimate of drug-likeness (QED) is 0.820. The number of nitrogens with zero attached hydrogens (tertiary/aromatic N) is 2. The molecule has 6 nitrogen and oxygen atoms in total. The standard InChI is InChI=1S/C20H30N4O2/c1-3-4-5-24-12-17(11-21-24)19(26)22-18-15-6-14-7-16(18)10-20(8-14,9-15)23-13(2)25/h11-12,14-16,18H,3-10H2,1-2H3,(H,22,26)(H,23,25). The third-order valence-electron chi connectivity index (χ3n) is 6.65. The van der Waals surface area contributed by atoms with Crippen molar-refractivity contribution in [3.63, 3.8) is 0 Å². The van der Waals surface area contributed by atoms with Gasteiger partial charge >= 0.3 is 0 Å². The zero-order chi connectivity index (χ0) is 18.3. The van der Waals surface area contributed by atoms with Gasteiger partial charge in [0.2, 0.25) is 5.91 Å². The van der Waals surface area contributed by atoms with Crippen molar-refractivity contribution in [2.75, 3.05) is 0 Å². The van der Waals surface area contributed by atoms with Gasteiger partial charge in [-0.05, 0) is 56.3 Å². The van der Waals surface area contributed by atoms with Crippen LogP contribution in [0.3, 0.4) is 0 Å². The molecule has 0 aliphatic heterocycles. The second-order valence-corrected chi connectivity index (χ2v) is 8.78. The van der Waals surface area contributed by atoms with Crippen LogP contribution in [0.25, 0.3) is 0 Å². The fourth-order valence-corrected chi connectivity index (χ4v) is 5.94. The Morgan fingerprint density at radius 3 is 2.65 bits per heavy atom. The van der Waals surface area contributed by atoms with Crippen LogP contribution in [0, 0.1) is 17.8 Å². The first-order chi connectivity index (χ1) is 12.5. The van der Waals surface area contributed by atoms with E-state index in [2.05, 4.69) is 22.7 Å². The molecule has 4 aliphatic carbocycles. The summed E-state index contributed by atoms with van der Waals surface area (Å²) in [7, 11) is 0. The van der Waals surface area contributed by atoms with Gasteiger partial charge in [-0.25, -0.2) is 0 Å². The molecule has 2 atom stereocenters. The van der Waals surface area contributed by atoms with Crippen LogP contribution in [0.2, 0.25) is 0 Å². The van der Waals surface area contributed by atoms with Crippen LogP contribution in [0.15, 0.2) is 12.4 Å². The molecule has 1 aromatic heterocycles. The summed E-state index contributed by atoms with van der Waals surface area (Å²) >= 11 is 0. The van der Waals surface area contributed by atoms with E-state index in [-0.39, 0.29) is 23.4 Å². The molecule has 0 radical (unpaired) electrons. The average Bonchev–Trinajstić information content (AvgIpc) is 3.03. The number of carbonyl (C=O) groups is 2. The van der Waals surface area contributed by atoms with Crippen molar-refractivity contribution in [1.29, 1.82) is 0 Å². The zero-order valence-electron chi connectivity index (χ0n) is 15.8. The van der Waals surface area contributed by atoms with Crippen molar-refractivity contribution in [1.82, 2.24) is 20.4 Å².